The highest BCUT2D eigenvalue weighted by Gasteiger charge is 2.25. The number of para-hydroxylation sites is 1. The van der Waals surface area contributed by atoms with Gasteiger partial charge in [-0.1, -0.05) is 36.0 Å². The molecular weight excluding hydrogens is 426 g/mol. The number of hydrogen-bond acceptors (Lipinski definition) is 7. The zero-order valence-corrected chi connectivity index (χ0v) is 18.1. The molecule has 1 saturated heterocycles. The Morgan fingerprint density at radius 1 is 1.16 bits per heavy atom. The number of amides is 2. The van der Waals surface area contributed by atoms with Gasteiger partial charge < -0.3 is 4.90 Å². The standard InChI is InChI=1S/C22H21N7O2S/c23-11-14-28(17-7-2-1-3-8-17)21(31)16-32-22-26-25-19(15-27-13-6-10-20(27)30)29(22)18-9-4-5-12-24-18/h1-5,7-9,12H,6,10,13-16H2. The second kappa shape index (κ2) is 10.1. The molecule has 0 saturated carbocycles. The molecule has 32 heavy (non-hydrogen) atoms. The molecule has 1 aliphatic heterocycles. The maximum absolute atomic E-state index is 12.9. The molecule has 2 amide bonds. The van der Waals surface area contributed by atoms with E-state index in [9.17, 15) is 9.59 Å². The van der Waals surface area contributed by atoms with Gasteiger partial charge >= 0.3 is 0 Å². The van der Waals surface area contributed by atoms with E-state index in [1.807, 2.05) is 42.5 Å². The number of carbonyl (C=O) groups excluding carboxylic acids is 2. The van der Waals surface area contributed by atoms with Crippen LogP contribution in [0.5, 0.6) is 0 Å². The van der Waals surface area contributed by atoms with Crippen molar-refractivity contribution in [2.75, 3.05) is 23.7 Å². The Labute approximate surface area is 189 Å². The molecule has 4 rings (SSSR count). The summed E-state index contributed by atoms with van der Waals surface area (Å²) in [5, 5.41) is 18.2. The van der Waals surface area contributed by atoms with Crippen molar-refractivity contribution in [3.63, 3.8) is 0 Å². The molecule has 3 aromatic rings. The minimum atomic E-state index is -0.213. The Balaban J connectivity index is 1.56. The van der Waals surface area contributed by atoms with E-state index in [4.69, 9.17) is 5.26 Å². The van der Waals surface area contributed by atoms with Crippen LogP contribution in [0.4, 0.5) is 5.69 Å². The normalized spacial score (nSPS) is 13.2. The highest BCUT2D eigenvalue weighted by atomic mass is 32.2. The van der Waals surface area contributed by atoms with Gasteiger partial charge in [-0.25, -0.2) is 4.98 Å². The summed E-state index contributed by atoms with van der Waals surface area (Å²) in [6, 6.07) is 16.6. The van der Waals surface area contributed by atoms with Gasteiger partial charge in [0.25, 0.3) is 0 Å². The molecular formula is C22H21N7O2S. The Hall–Kier alpha value is -3.71. The van der Waals surface area contributed by atoms with Crippen molar-refractivity contribution in [3.05, 3.63) is 60.6 Å². The summed E-state index contributed by atoms with van der Waals surface area (Å²) >= 11 is 1.22. The predicted octanol–water partition coefficient (Wildman–Crippen LogP) is 2.43. The lowest BCUT2D eigenvalue weighted by atomic mass is 10.3. The molecule has 1 aliphatic rings. The lowest BCUT2D eigenvalue weighted by Gasteiger charge is -2.19. The monoisotopic (exact) mass is 447 g/mol. The van der Waals surface area contributed by atoms with E-state index in [-0.39, 0.29) is 24.1 Å². The van der Waals surface area contributed by atoms with Crippen LogP contribution < -0.4 is 4.90 Å². The highest BCUT2D eigenvalue weighted by molar-refractivity contribution is 7.99. The first-order chi connectivity index (χ1) is 15.7. The van der Waals surface area contributed by atoms with Crippen molar-refractivity contribution < 1.29 is 9.59 Å². The van der Waals surface area contributed by atoms with Gasteiger partial charge in [0.05, 0.1) is 18.4 Å². The van der Waals surface area contributed by atoms with Crippen LogP contribution in [0.1, 0.15) is 18.7 Å². The summed E-state index contributed by atoms with van der Waals surface area (Å²) in [5.74, 6) is 1.16. The van der Waals surface area contributed by atoms with Crippen molar-refractivity contribution in [2.45, 2.75) is 24.5 Å². The molecule has 9 nitrogen and oxygen atoms in total. The number of rotatable bonds is 8. The summed E-state index contributed by atoms with van der Waals surface area (Å²) in [6.07, 6.45) is 3.05. The molecule has 0 atom stereocenters. The number of nitriles is 1. The van der Waals surface area contributed by atoms with Crippen molar-refractivity contribution in [1.82, 2.24) is 24.6 Å². The van der Waals surface area contributed by atoms with E-state index < -0.39 is 0 Å². The van der Waals surface area contributed by atoms with Crippen LogP contribution in [0.3, 0.4) is 0 Å². The zero-order valence-electron chi connectivity index (χ0n) is 17.3. The molecule has 0 N–H and O–H groups in total. The van der Waals surface area contributed by atoms with Gasteiger partial charge in [-0.3, -0.25) is 19.1 Å². The fourth-order valence-corrected chi connectivity index (χ4v) is 4.30. The third-order valence-electron chi connectivity index (χ3n) is 5.00. The number of anilines is 1. The number of benzene rings is 1. The number of carbonyl (C=O) groups is 2. The summed E-state index contributed by atoms with van der Waals surface area (Å²) in [5.41, 5.74) is 0.666. The third kappa shape index (κ3) is 4.78. The number of nitrogens with zero attached hydrogens (tertiary/aromatic N) is 7. The minimum Gasteiger partial charge on any atom is -0.335 e. The van der Waals surface area contributed by atoms with Gasteiger partial charge in [0.15, 0.2) is 11.0 Å². The second-order valence-electron chi connectivity index (χ2n) is 7.10. The van der Waals surface area contributed by atoms with Gasteiger partial charge in [0.1, 0.15) is 12.4 Å². The minimum absolute atomic E-state index is 0.0430. The summed E-state index contributed by atoms with van der Waals surface area (Å²) in [7, 11) is 0. The van der Waals surface area contributed by atoms with Gasteiger partial charge in [0.2, 0.25) is 11.8 Å². The van der Waals surface area contributed by atoms with E-state index in [2.05, 4.69) is 15.2 Å². The predicted molar refractivity (Wildman–Crippen MR) is 119 cm³/mol. The smallest absolute Gasteiger partial charge is 0.238 e. The quantitative estimate of drug-likeness (QED) is 0.385. The zero-order chi connectivity index (χ0) is 22.3. The Bertz CT molecular complexity index is 1130. The number of thioether (sulfide) groups is 1. The van der Waals surface area contributed by atoms with Crippen LogP contribution in [-0.2, 0) is 16.1 Å². The van der Waals surface area contributed by atoms with Crippen molar-refractivity contribution in [2.24, 2.45) is 0 Å². The van der Waals surface area contributed by atoms with Crippen LogP contribution in [0.25, 0.3) is 5.82 Å². The molecule has 3 heterocycles. The lowest BCUT2D eigenvalue weighted by Crippen LogP contribution is -2.32. The van der Waals surface area contributed by atoms with Crippen molar-refractivity contribution >= 4 is 29.3 Å². The van der Waals surface area contributed by atoms with Gasteiger partial charge in [-0.2, -0.15) is 5.26 Å². The van der Waals surface area contributed by atoms with Crippen LogP contribution >= 0.6 is 11.8 Å². The molecule has 1 aromatic carbocycles. The van der Waals surface area contributed by atoms with Crippen LogP contribution in [0, 0.1) is 11.3 Å². The number of likely N-dealkylation sites (tertiary alicyclic amines) is 1. The lowest BCUT2D eigenvalue weighted by molar-refractivity contribution is -0.128. The van der Waals surface area contributed by atoms with Crippen LogP contribution in [-0.4, -0.2) is 55.3 Å². The van der Waals surface area contributed by atoms with Gasteiger partial charge in [0, 0.05) is 24.8 Å². The largest absolute Gasteiger partial charge is 0.335 e. The van der Waals surface area contributed by atoms with Gasteiger partial charge in [-0.05, 0) is 30.7 Å². The van der Waals surface area contributed by atoms with E-state index >= 15 is 0 Å². The van der Waals surface area contributed by atoms with Gasteiger partial charge in [-0.15, -0.1) is 10.2 Å². The van der Waals surface area contributed by atoms with Crippen molar-refractivity contribution in [1.29, 1.82) is 5.26 Å². The summed E-state index contributed by atoms with van der Waals surface area (Å²) < 4.78 is 1.78. The summed E-state index contributed by atoms with van der Waals surface area (Å²) in [4.78, 5) is 32.6. The topological polar surface area (TPSA) is 108 Å². The van der Waals surface area contributed by atoms with E-state index in [1.54, 1.807) is 27.8 Å². The molecule has 0 bridgehead atoms. The maximum atomic E-state index is 12.9. The Morgan fingerprint density at radius 3 is 2.66 bits per heavy atom. The fraction of sp³-hybridized carbons (Fsp3) is 0.273. The number of hydrogen-bond donors (Lipinski definition) is 0. The second-order valence-corrected chi connectivity index (χ2v) is 8.05. The molecule has 0 radical (unpaired) electrons. The molecule has 162 valence electrons. The van der Waals surface area contributed by atoms with E-state index in [0.717, 1.165) is 6.42 Å². The molecule has 2 aromatic heterocycles. The number of aromatic nitrogens is 4. The maximum Gasteiger partial charge on any atom is 0.238 e. The third-order valence-corrected chi connectivity index (χ3v) is 5.92. The average molecular weight is 448 g/mol. The Kier molecular flexibility index (Phi) is 6.77. The SMILES string of the molecule is N#CCN(C(=O)CSc1nnc(CN2CCCC2=O)n1-c1ccccn1)c1ccccc1. The van der Waals surface area contributed by atoms with Crippen LogP contribution in [0.15, 0.2) is 59.9 Å². The molecule has 0 spiro atoms. The van der Waals surface area contributed by atoms with Crippen molar-refractivity contribution in [3.8, 4) is 11.9 Å². The Morgan fingerprint density at radius 2 is 1.97 bits per heavy atom. The first-order valence-electron chi connectivity index (χ1n) is 10.2. The average Bonchev–Trinajstić information content (AvgIpc) is 3.43. The molecule has 10 heteroatoms. The fourth-order valence-electron chi connectivity index (χ4n) is 3.46. The van der Waals surface area contributed by atoms with E-state index in [0.29, 0.717) is 42.0 Å². The molecule has 1 fully saturated rings. The first kappa shape index (κ1) is 21.5. The highest BCUT2D eigenvalue weighted by Crippen LogP contribution is 2.24. The first-order valence-corrected chi connectivity index (χ1v) is 11.1. The number of pyridine rings is 1. The van der Waals surface area contributed by atoms with E-state index in [1.165, 1.54) is 16.7 Å². The molecule has 0 aliphatic carbocycles. The summed E-state index contributed by atoms with van der Waals surface area (Å²) in [6.45, 7) is 0.981. The van der Waals surface area contributed by atoms with Crippen LogP contribution in [0.2, 0.25) is 0 Å². The molecule has 0 unspecified atom stereocenters.